The minimum absolute atomic E-state index is 0.0983. The fourth-order valence-electron chi connectivity index (χ4n) is 1.35. The Kier molecular flexibility index (Phi) is 3.05. The number of rotatable bonds is 2. The lowest BCUT2D eigenvalue weighted by Gasteiger charge is -2.02. The second-order valence-corrected chi connectivity index (χ2v) is 3.52. The van der Waals surface area contributed by atoms with E-state index in [9.17, 15) is 9.59 Å². The molecule has 1 heterocycles. The number of ether oxygens (including phenoxy) is 1. The summed E-state index contributed by atoms with van der Waals surface area (Å²) in [5.41, 5.74) is 0.0891. The maximum absolute atomic E-state index is 11.7. The van der Waals surface area contributed by atoms with Gasteiger partial charge in [-0.3, -0.25) is 0 Å². The Morgan fingerprint density at radius 1 is 1.18 bits per heavy atom. The summed E-state index contributed by atoms with van der Waals surface area (Å²) in [6, 6.07) is 11.4. The SMILES string of the molecule is Cc1cc(C(=O)Oc2ccccc2)oc(=O)c1. The number of esters is 1. The second-order valence-electron chi connectivity index (χ2n) is 3.52. The van der Waals surface area contributed by atoms with Gasteiger partial charge in [-0.25, -0.2) is 9.59 Å². The molecule has 0 fully saturated rings. The number of para-hydroxylation sites is 1. The van der Waals surface area contributed by atoms with Crippen molar-refractivity contribution in [3.05, 3.63) is 64.2 Å². The van der Waals surface area contributed by atoms with Gasteiger partial charge < -0.3 is 9.15 Å². The largest absolute Gasteiger partial charge is 0.421 e. The summed E-state index contributed by atoms with van der Waals surface area (Å²) >= 11 is 0. The van der Waals surface area contributed by atoms with E-state index >= 15 is 0 Å². The van der Waals surface area contributed by atoms with Crippen LogP contribution in [0.4, 0.5) is 0 Å². The molecule has 17 heavy (non-hydrogen) atoms. The summed E-state index contributed by atoms with van der Waals surface area (Å²) in [4.78, 5) is 22.8. The summed E-state index contributed by atoms with van der Waals surface area (Å²) in [7, 11) is 0. The van der Waals surface area contributed by atoms with Crippen LogP contribution >= 0.6 is 0 Å². The topological polar surface area (TPSA) is 56.5 Å². The van der Waals surface area contributed by atoms with Gasteiger partial charge in [0.15, 0.2) is 0 Å². The van der Waals surface area contributed by atoms with Gasteiger partial charge in [-0.05, 0) is 30.7 Å². The maximum Gasteiger partial charge on any atom is 0.379 e. The zero-order chi connectivity index (χ0) is 12.3. The molecule has 2 rings (SSSR count). The predicted octanol–water partition coefficient (Wildman–Crippen LogP) is 2.17. The van der Waals surface area contributed by atoms with E-state index in [2.05, 4.69) is 0 Å². The number of hydrogen-bond donors (Lipinski definition) is 0. The summed E-state index contributed by atoms with van der Waals surface area (Å²) in [5, 5.41) is 0. The van der Waals surface area contributed by atoms with Crippen molar-refractivity contribution in [2.75, 3.05) is 0 Å². The molecule has 0 aliphatic rings. The number of benzene rings is 1. The average Bonchev–Trinajstić information content (AvgIpc) is 2.29. The maximum atomic E-state index is 11.7. The van der Waals surface area contributed by atoms with Crippen LogP contribution in [0.2, 0.25) is 0 Å². The van der Waals surface area contributed by atoms with Gasteiger partial charge >= 0.3 is 11.6 Å². The van der Waals surface area contributed by atoms with Crippen molar-refractivity contribution in [3.63, 3.8) is 0 Å². The van der Waals surface area contributed by atoms with Crippen molar-refractivity contribution >= 4 is 5.97 Å². The third-order valence-electron chi connectivity index (χ3n) is 2.07. The molecule has 0 radical (unpaired) electrons. The van der Waals surface area contributed by atoms with Crippen molar-refractivity contribution < 1.29 is 13.9 Å². The molecule has 86 valence electrons. The van der Waals surface area contributed by atoms with Crippen LogP contribution in [0.15, 0.2) is 51.7 Å². The molecule has 4 heteroatoms. The van der Waals surface area contributed by atoms with E-state index < -0.39 is 11.6 Å². The fourth-order valence-corrected chi connectivity index (χ4v) is 1.35. The zero-order valence-corrected chi connectivity index (χ0v) is 9.17. The molecule has 0 saturated carbocycles. The third kappa shape index (κ3) is 2.81. The van der Waals surface area contributed by atoms with E-state index in [-0.39, 0.29) is 5.76 Å². The van der Waals surface area contributed by atoms with Crippen LogP contribution < -0.4 is 10.4 Å². The first-order chi connectivity index (χ1) is 8.15. The minimum Gasteiger partial charge on any atom is -0.421 e. The quantitative estimate of drug-likeness (QED) is 0.586. The fraction of sp³-hybridized carbons (Fsp3) is 0.0769. The number of carbonyl (C=O) groups is 1. The van der Waals surface area contributed by atoms with E-state index in [0.29, 0.717) is 11.3 Å². The van der Waals surface area contributed by atoms with Crippen molar-refractivity contribution in [2.24, 2.45) is 0 Å². The number of hydrogen-bond acceptors (Lipinski definition) is 4. The van der Waals surface area contributed by atoms with Crippen LogP contribution in [0.1, 0.15) is 16.1 Å². The van der Waals surface area contributed by atoms with Crippen LogP contribution in [-0.4, -0.2) is 5.97 Å². The Labute approximate surface area is 97.5 Å². The van der Waals surface area contributed by atoms with Crippen LogP contribution in [0.5, 0.6) is 5.75 Å². The summed E-state index contributed by atoms with van der Waals surface area (Å²) in [6.07, 6.45) is 0. The molecule has 4 nitrogen and oxygen atoms in total. The first-order valence-corrected chi connectivity index (χ1v) is 5.04. The Morgan fingerprint density at radius 2 is 1.88 bits per heavy atom. The molecule has 0 spiro atoms. The highest BCUT2D eigenvalue weighted by Crippen LogP contribution is 2.11. The van der Waals surface area contributed by atoms with Crippen LogP contribution in [0.25, 0.3) is 0 Å². The van der Waals surface area contributed by atoms with E-state index in [1.165, 1.54) is 12.1 Å². The molecule has 0 bridgehead atoms. The molecule has 0 aliphatic heterocycles. The van der Waals surface area contributed by atoms with Gasteiger partial charge in [-0.15, -0.1) is 0 Å². The van der Waals surface area contributed by atoms with E-state index in [0.717, 1.165) is 0 Å². The normalized spacial score (nSPS) is 9.94. The minimum atomic E-state index is -0.683. The monoisotopic (exact) mass is 230 g/mol. The Hall–Kier alpha value is -2.36. The van der Waals surface area contributed by atoms with Crippen LogP contribution in [0.3, 0.4) is 0 Å². The zero-order valence-electron chi connectivity index (χ0n) is 9.17. The van der Waals surface area contributed by atoms with Gasteiger partial charge in [0.25, 0.3) is 0 Å². The van der Waals surface area contributed by atoms with E-state index in [1.807, 2.05) is 6.07 Å². The lowest BCUT2D eigenvalue weighted by Crippen LogP contribution is -2.12. The number of carbonyl (C=O) groups excluding carboxylic acids is 1. The average molecular weight is 230 g/mol. The molecule has 1 aromatic heterocycles. The van der Waals surface area contributed by atoms with Gasteiger partial charge in [0, 0.05) is 6.07 Å². The molecule has 0 unspecified atom stereocenters. The molecule has 0 atom stereocenters. The van der Waals surface area contributed by atoms with Crippen LogP contribution in [0, 0.1) is 6.92 Å². The predicted molar refractivity (Wildman–Crippen MR) is 61.1 cm³/mol. The Morgan fingerprint density at radius 3 is 2.53 bits per heavy atom. The molecule has 2 aromatic rings. The van der Waals surface area contributed by atoms with Gasteiger partial charge in [0.1, 0.15) is 5.75 Å². The van der Waals surface area contributed by atoms with Gasteiger partial charge in [0.2, 0.25) is 5.76 Å². The van der Waals surface area contributed by atoms with Crippen molar-refractivity contribution in [3.8, 4) is 5.75 Å². The molecule has 0 N–H and O–H groups in total. The lowest BCUT2D eigenvalue weighted by atomic mass is 10.3. The lowest BCUT2D eigenvalue weighted by molar-refractivity contribution is 0.0696. The van der Waals surface area contributed by atoms with E-state index in [4.69, 9.17) is 9.15 Å². The van der Waals surface area contributed by atoms with E-state index in [1.54, 1.807) is 31.2 Å². The molecule has 1 aromatic carbocycles. The second kappa shape index (κ2) is 4.65. The molecular formula is C13H10O4. The highest BCUT2D eigenvalue weighted by Gasteiger charge is 2.12. The molecule has 0 saturated heterocycles. The van der Waals surface area contributed by atoms with Gasteiger partial charge in [-0.1, -0.05) is 18.2 Å². The molecule has 0 amide bonds. The highest BCUT2D eigenvalue weighted by molar-refractivity contribution is 5.88. The smallest absolute Gasteiger partial charge is 0.379 e. The summed E-state index contributed by atoms with van der Waals surface area (Å²) < 4.78 is 9.80. The summed E-state index contributed by atoms with van der Waals surface area (Å²) in [6.45, 7) is 1.70. The first-order valence-electron chi connectivity index (χ1n) is 5.04. The molecule has 0 aliphatic carbocycles. The van der Waals surface area contributed by atoms with Gasteiger partial charge in [0.05, 0.1) is 0 Å². The van der Waals surface area contributed by atoms with Crippen LogP contribution in [-0.2, 0) is 0 Å². The standard InChI is InChI=1S/C13H10O4/c1-9-7-11(17-12(14)8-9)13(15)16-10-5-3-2-4-6-10/h2-8H,1H3. The van der Waals surface area contributed by atoms with Crippen molar-refractivity contribution in [2.45, 2.75) is 6.92 Å². The Balaban J connectivity index is 2.23. The van der Waals surface area contributed by atoms with Crippen molar-refractivity contribution in [1.82, 2.24) is 0 Å². The summed E-state index contributed by atoms with van der Waals surface area (Å²) in [5.74, 6) is -0.377. The first kappa shape index (κ1) is 11.1. The third-order valence-corrected chi connectivity index (χ3v) is 2.07. The van der Waals surface area contributed by atoms with Gasteiger partial charge in [-0.2, -0.15) is 0 Å². The number of aryl methyl sites for hydroxylation is 1. The molecular weight excluding hydrogens is 220 g/mol. The Bertz CT molecular complexity index is 584. The highest BCUT2D eigenvalue weighted by atomic mass is 16.5. The van der Waals surface area contributed by atoms with Crippen molar-refractivity contribution in [1.29, 1.82) is 0 Å².